The predicted octanol–water partition coefficient (Wildman–Crippen LogP) is 2.22. The van der Waals surface area contributed by atoms with Gasteiger partial charge < -0.3 is 10.6 Å². The van der Waals surface area contributed by atoms with Gasteiger partial charge in [0.15, 0.2) is 0 Å². The van der Waals surface area contributed by atoms with Gasteiger partial charge in [-0.05, 0) is 31.2 Å². The summed E-state index contributed by atoms with van der Waals surface area (Å²) in [6.45, 7) is 2.82. The van der Waals surface area contributed by atoms with Crippen LogP contribution in [0, 0.1) is 0 Å². The van der Waals surface area contributed by atoms with E-state index in [-0.39, 0.29) is 18.3 Å². The Morgan fingerprint density at radius 3 is 2.38 bits per heavy atom. The van der Waals surface area contributed by atoms with Gasteiger partial charge in [0.1, 0.15) is 0 Å². The molecule has 4 heteroatoms. The first-order valence-electron chi connectivity index (χ1n) is 5.29. The summed E-state index contributed by atoms with van der Waals surface area (Å²) in [7, 11) is 1.84. The lowest BCUT2D eigenvalue weighted by Gasteiger charge is -2.05. The Kier molecular flexibility index (Phi) is 7.60. The summed E-state index contributed by atoms with van der Waals surface area (Å²) in [4.78, 5) is 11.4. The van der Waals surface area contributed by atoms with Crippen molar-refractivity contribution in [2.45, 2.75) is 19.8 Å². The summed E-state index contributed by atoms with van der Waals surface area (Å²) < 4.78 is 0. The smallest absolute Gasteiger partial charge is 0.225 e. The SMILES string of the molecule is CCc1ccc(NC(=O)CCNC)cc1.Cl. The fraction of sp³-hybridized carbons (Fsp3) is 0.417. The molecule has 0 saturated heterocycles. The molecule has 1 rings (SSSR count). The Labute approximate surface area is 103 Å². The van der Waals surface area contributed by atoms with E-state index < -0.39 is 0 Å². The largest absolute Gasteiger partial charge is 0.326 e. The summed E-state index contributed by atoms with van der Waals surface area (Å²) in [6.07, 6.45) is 1.53. The number of carbonyl (C=O) groups excluding carboxylic acids is 1. The molecule has 0 spiro atoms. The molecule has 0 aliphatic carbocycles. The molecule has 1 amide bonds. The Morgan fingerprint density at radius 1 is 1.25 bits per heavy atom. The summed E-state index contributed by atoms with van der Waals surface area (Å²) in [5.41, 5.74) is 2.15. The lowest BCUT2D eigenvalue weighted by molar-refractivity contribution is -0.116. The van der Waals surface area contributed by atoms with Crippen LogP contribution >= 0.6 is 12.4 Å². The van der Waals surface area contributed by atoms with Crippen molar-refractivity contribution in [1.82, 2.24) is 5.32 Å². The summed E-state index contributed by atoms with van der Waals surface area (Å²) in [6, 6.07) is 7.95. The number of hydrogen-bond acceptors (Lipinski definition) is 2. The molecule has 0 bridgehead atoms. The Balaban J connectivity index is 0.00000225. The second-order valence-corrected chi connectivity index (χ2v) is 3.45. The molecule has 0 fully saturated rings. The maximum absolute atomic E-state index is 11.4. The van der Waals surface area contributed by atoms with Crippen LogP contribution in [0.5, 0.6) is 0 Å². The van der Waals surface area contributed by atoms with E-state index in [0.717, 1.165) is 12.1 Å². The monoisotopic (exact) mass is 242 g/mol. The molecule has 16 heavy (non-hydrogen) atoms. The van der Waals surface area contributed by atoms with Crippen LogP contribution in [0.4, 0.5) is 5.69 Å². The molecule has 1 aromatic carbocycles. The maximum Gasteiger partial charge on any atom is 0.225 e. The van der Waals surface area contributed by atoms with E-state index in [1.807, 2.05) is 31.3 Å². The molecule has 0 unspecified atom stereocenters. The number of aryl methyl sites for hydroxylation is 1. The summed E-state index contributed by atoms with van der Waals surface area (Å²) in [5.74, 6) is 0.0496. The number of benzene rings is 1. The normalized spacial score (nSPS) is 9.38. The van der Waals surface area contributed by atoms with Gasteiger partial charge in [-0.25, -0.2) is 0 Å². The first-order chi connectivity index (χ1) is 7.26. The van der Waals surface area contributed by atoms with Gasteiger partial charge in [-0.2, -0.15) is 0 Å². The van der Waals surface area contributed by atoms with Crippen LogP contribution in [-0.4, -0.2) is 19.5 Å². The third kappa shape index (κ3) is 5.14. The Bertz CT molecular complexity index is 311. The zero-order valence-corrected chi connectivity index (χ0v) is 10.6. The topological polar surface area (TPSA) is 41.1 Å². The van der Waals surface area contributed by atoms with E-state index in [0.29, 0.717) is 13.0 Å². The van der Waals surface area contributed by atoms with Gasteiger partial charge >= 0.3 is 0 Å². The van der Waals surface area contributed by atoms with E-state index in [4.69, 9.17) is 0 Å². The molecule has 90 valence electrons. The van der Waals surface area contributed by atoms with Crippen LogP contribution in [-0.2, 0) is 11.2 Å². The van der Waals surface area contributed by atoms with E-state index in [1.165, 1.54) is 5.56 Å². The highest BCUT2D eigenvalue weighted by atomic mass is 35.5. The van der Waals surface area contributed by atoms with Gasteiger partial charge in [0.2, 0.25) is 5.91 Å². The van der Waals surface area contributed by atoms with E-state index in [9.17, 15) is 4.79 Å². The molecule has 0 aliphatic heterocycles. The van der Waals surface area contributed by atoms with Gasteiger partial charge in [-0.3, -0.25) is 4.79 Å². The number of rotatable bonds is 5. The van der Waals surface area contributed by atoms with Gasteiger partial charge in [0.25, 0.3) is 0 Å². The zero-order chi connectivity index (χ0) is 11.1. The first kappa shape index (κ1) is 14.9. The zero-order valence-electron chi connectivity index (χ0n) is 9.75. The van der Waals surface area contributed by atoms with Crippen molar-refractivity contribution in [3.63, 3.8) is 0 Å². The lowest BCUT2D eigenvalue weighted by atomic mass is 10.1. The molecule has 0 radical (unpaired) electrons. The molecule has 2 N–H and O–H groups in total. The van der Waals surface area contributed by atoms with Crippen molar-refractivity contribution < 1.29 is 4.79 Å². The van der Waals surface area contributed by atoms with Crippen molar-refractivity contribution in [2.75, 3.05) is 18.9 Å². The van der Waals surface area contributed by atoms with Crippen LogP contribution in [0.1, 0.15) is 18.9 Å². The molecule has 3 nitrogen and oxygen atoms in total. The van der Waals surface area contributed by atoms with Crippen LogP contribution in [0.2, 0.25) is 0 Å². The molecule has 0 aromatic heterocycles. The fourth-order valence-corrected chi connectivity index (χ4v) is 1.29. The average molecular weight is 243 g/mol. The Morgan fingerprint density at radius 2 is 1.88 bits per heavy atom. The van der Waals surface area contributed by atoms with E-state index in [1.54, 1.807) is 0 Å². The number of carbonyl (C=O) groups is 1. The van der Waals surface area contributed by atoms with Crippen molar-refractivity contribution in [3.05, 3.63) is 29.8 Å². The van der Waals surface area contributed by atoms with Crippen molar-refractivity contribution in [2.24, 2.45) is 0 Å². The summed E-state index contributed by atoms with van der Waals surface area (Å²) >= 11 is 0. The van der Waals surface area contributed by atoms with E-state index in [2.05, 4.69) is 17.6 Å². The van der Waals surface area contributed by atoms with Crippen molar-refractivity contribution >= 4 is 24.0 Å². The van der Waals surface area contributed by atoms with Gasteiger partial charge in [-0.1, -0.05) is 19.1 Å². The molecule has 0 atom stereocenters. The minimum atomic E-state index is 0. The second-order valence-electron chi connectivity index (χ2n) is 3.45. The first-order valence-corrected chi connectivity index (χ1v) is 5.29. The highest BCUT2D eigenvalue weighted by Crippen LogP contribution is 2.09. The minimum Gasteiger partial charge on any atom is -0.326 e. The lowest BCUT2D eigenvalue weighted by Crippen LogP contribution is -2.18. The third-order valence-electron chi connectivity index (χ3n) is 2.25. The van der Waals surface area contributed by atoms with Gasteiger partial charge in [-0.15, -0.1) is 12.4 Å². The molecular weight excluding hydrogens is 224 g/mol. The standard InChI is InChI=1S/C12H18N2O.ClH/c1-3-10-4-6-11(7-5-10)14-12(15)8-9-13-2;/h4-7,13H,3,8-9H2,1-2H3,(H,14,15);1H. The number of amides is 1. The highest BCUT2D eigenvalue weighted by molar-refractivity contribution is 5.90. The van der Waals surface area contributed by atoms with Crippen LogP contribution < -0.4 is 10.6 Å². The molecular formula is C12H19ClN2O. The van der Waals surface area contributed by atoms with E-state index >= 15 is 0 Å². The number of anilines is 1. The quantitative estimate of drug-likeness (QED) is 0.831. The van der Waals surface area contributed by atoms with Gasteiger partial charge in [0, 0.05) is 18.7 Å². The van der Waals surface area contributed by atoms with Crippen LogP contribution in [0.25, 0.3) is 0 Å². The predicted molar refractivity (Wildman–Crippen MR) is 70.2 cm³/mol. The Hall–Kier alpha value is -1.06. The summed E-state index contributed by atoms with van der Waals surface area (Å²) in [5, 5.41) is 5.79. The molecule has 0 saturated carbocycles. The highest BCUT2D eigenvalue weighted by Gasteiger charge is 2.00. The van der Waals surface area contributed by atoms with Crippen LogP contribution in [0.3, 0.4) is 0 Å². The number of nitrogens with one attached hydrogen (secondary N) is 2. The van der Waals surface area contributed by atoms with Gasteiger partial charge in [0.05, 0.1) is 0 Å². The molecule has 0 heterocycles. The second kappa shape index (κ2) is 8.13. The minimum absolute atomic E-state index is 0. The average Bonchev–Trinajstić information content (AvgIpc) is 2.27. The number of halogens is 1. The fourth-order valence-electron chi connectivity index (χ4n) is 1.29. The van der Waals surface area contributed by atoms with Crippen LogP contribution in [0.15, 0.2) is 24.3 Å². The molecule has 0 aliphatic rings. The molecule has 1 aromatic rings. The number of hydrogen-bond donors (Lipinski definition) is 2. The third-order valence-corrected chi connectivity index (χ3v) is 2.25. The maximum atomic E-state index is 11.4. The van der Waals surface area contributed by atoms with Crippen molar-refractivity contribution in [1.29, 1.82) is 0 Å². The van der Waals surface area contributed by atoms with Crippen molar-refractivity contribution in [3.8, 4) is 0 Å².